The van der Waals surface area contributed by atoms with Gasteiger partial charge in [0.1, 0.15) is 0 Å². The van der Waals surface area contributed by atoms with E-state index in [0.717, 1.165) is 36.0 Å². The fraction of sp³-hybridized carbons (Fsp3) is 0.364. The van der Waals surface area contributed by atoms with Gasteiger partial charge in [-0.2, -0.15) is 10.2 Å². The SMILES string of the molecule is COC(=O)c1ccccc1[C@@H]1CN=N[C@]12Cc1c(ccc3c1CCC3)C2=O. The first-order valence-corrected chi connectivity index (χ1v) is 9.40. The van der Waals surface area contributed by atoms with E-state index in [9.17, 15) is 9.59 Å². The zero-order valence-corrected chi connectivity index (χ0v) is 15.2. The van der Waals surface area contributed by atoms with Crippen LogP contribution in [-0.4, -0.2) is 30.9 Å². The van der Waals surface area contributed by atoms with Gasteiger partial charge in [0, 0.05) is 17.9 Å². The van der Waals surface area contributed by atoms with Crippen molar-refractivity contribution in [2.45, 2.75) is 37.1 Å². The molecule has 5 rings (SSSR count). The number of ketones is 1. The van der Waals surface area contributed by atoms with Crippen LogP contribution in [0.1, 0.15) is 55.3 Å². The normalized spacial score (nSPS) is 25.1. The first kappa shape index (κ1) is 16.4. The average molecular weight is 360 g/mol. The van der Waals surface area contributed by atoms with Crippen molar-refractivity contribution in [3.05, 3.63) is 69.8 Å². The number of carbonyl (C=O) groups excluding carboxylic acids is 2. The maximum absolute atomic E-state index is 13.5. The smallest absolute Gasteiger partial charge is 0.338 e. The maximum Gasteiger partial charge on any atom is 0.338 e. The van der Waals surface area contributed by atoms with Gasteiger partial charge >= 0.3 is 5.97 Å². The molecular formula is C22H20N2O3. The predicted octanol–water partition coefficient (Wildman–Crippen LogP) is 3.69. The molecule has 2 aromatic carbocycles. The Morgan fingerprint density at radius 2 is 2.00 bits per heavy atom. The molecule has 136 valence electrons. The quantitative estimate of drug-likeness (QED) is 0.767. The van der Waals surface area contributed by atoms with Crippen LogP contribution in [-0.2, 0) is 24.0 Å². The highest BCUT2D eigenvalue weighted by Crippen LogP contribution is 2.49. The van der Waals surface area contributed by atoms with E-state index in [-0.39, 0.29) is 11.7 Å². The fourth-order valence-corrected chi connectivity index (χ4v) is 5.02. The third-order valence-corrected chi connectivity index (χ3v) is 6.32. The number of hydrogen-bond donors (Lipinski definition) is 0. The number of hydrogen-bond acceptors (Lipinski definition) is 5. The highest BCUT2D eigenvalue weighted by atomic mass is 16.5. The van der Waals surface area contributed by atoms with Gasteiger partial charge in [-0.3, -0.25) is 4.79 Å². The van der Waals surface area contributed by atoms with Crippen molar-refractivity contribution in [3.63, 3.8) is 0 Å². The molecule has 0 saturated carbocycles. The topological polar surface area (TPSA) is 68.1 Å². The van der Waals surface area contributed by atoms with E-state index in [1.54, 1.807) is 6.07 Å². The summed E-state index contributed by atoms with van der Waals surface area (Å²) in [6, 6.07) is 11.4. The molecule has 2 aromatic rings. The van der Waals surface area contributed by atoms with E-state index >= 15 is 0 Å². The second-order valence-corrected chi connectivity index (χ2v) is 7.57. The fourth-order valence-electron chi connectivity index (χ4n) is 5.02. The number of aryl methyl sites for hydroxylation is 1. The minimum Gasteiger partial charge on any atom is -0.465 e. The van der Waals surface area contributed by atoms with E-state index in [4.69, 9.17) is 4.74 Å². The summed E-state index contributed by atoms with van der Waals surface area (Å²) < 4.78 is 4.95. The van der Waals surface area contributed by atoms with Crippen LogP contribution in [0.25, 0.3) is 0 Å². The molecule has 0 unspecified atom stereocenters. The van der Waals surface area contributed by atoms with Gasteiger partial charge in [0.15, 0.2) is 11.3 Å². The Bertz CT molecular complexity index is 1010. The second kappa shape index (κ2) is 5.84. The van der Waals surface area contributed by atoms with Gasteiger partial charge in [-0.05, 0) is 47.6 Å². The van der Waals surface area contributed by atoms with Crippen LogP contribution in [0, 0.1) is 0 Å². The molecule has 0 amide bonds. The van der Waals surface area contributed by atoms with Crippen molar-refractivity contribution >= 4 is 11.8 Å². The summed E-state index contributed by atoms with van der Waals surface area (Å²) in [4.78, 5) is 25.8. The maximum atomic E-state index is 13.5. The van der Waals surface area contributed by atoms with Gasteiger partial charge < -0.3 is 4.74 Å². The highest BCUT2D eigenvalue weighted by Gasteiger charge is 2.55. The van der Waals surface area contributed by atoms with E-state index < -0.39 is 11.5 Å². The monoisotopic (exact) mass is 360 g/mol. The van der Waals surface area contributed by atoms with Gasteiger partial charge in [0.25, 0.3) is 0 Å². The summed E-state index contributed by atoms with van der Waals surface area (Å²) in [6.45, 7) is 0.413. The van der Waals surface area contributed by atoms with Crippen molar-refractivity contribution in [2.24, 2.45) is 10.2 Å². The van der Waals surface area contributed by atoms with E-state index in [1.165, 1.54) is 18.2 Å². The third kappa shape index (κ3) is 2.17. The zero-order chi connectivity index (χ0) is 18.6. The number of fused-ring (bicyclic) bond motifs is 3. The minimum absolute atomic E-state index is 0.0399. The van der Waals surface area contributed by atoms with E-state index in [1.807, 2.05) is 24.3 Å². The van der Waals surface area contributed by atoms with Crippen LogP contribution in [0.2, 0.25) is 0 Å². The number of nitrogens with zero attached hydrogens (tertiary/aromatic N) is 2. The Kier molecular flexibility index (Phi) is 3.54. The van der Waals surface area contributed by atoms with E-state index in [2.05, 4.69) is 16.3 Å². The van der Waals surface area contributed by atoms with Crippen molar-refractivity contribution in [1.82, 2.24) is 0 Å². The number of esters is 1. The summed E-state index contributed by atoms with van der Waals surface area (Å²) in [5, 5.41) is 8.78. The summed E-state index contributed by atoms with van der Waals surface area (Å²) in [5.41, 5.74) is 5.00. The molecule has 5 heteroatoms. The van der Waals surface area contributed by atoms with Crippen LogP contribution in [0.15, 0.2) is 46.6 Å². The van der Waals surface area contributed by atoms with Crippen LogP contribution < -0.4 is 0 Å². The lowest BCUT2D eigenvalue weighted by Crippen LogP contribution is -2.39. The first-order valence-electron chi connectivity index (χ1n) is 9.40. The van der Waals surface area contributed by atoms with Gasteiger partial charge in [0.2, 0.25) is 0 Å². The molecule has 1 aliphatic heterocycles. The molecule has 0 bridgehead atoms. The molecule has 1 heterocycles. The van der Waals surface area contributed by atoms with Gasteiger partial charge in [-0.1, -0.05) is 30.3 Å². The summed E-state index contributed by atoms with van der Waals surface area (Å²) in [5.74, 6) is -0.598. The van der Waals surface area contributed by atoms with Crippen molar-refractivity contribution in [1.29, 1.82) is 0 Å². The minimum atomic E-state index is -0.926. The van der Waals surface area contributed by atoms with Crippen LogP contribution >= 0.6 is 0 Å². The number of carbonyl (C=O) groups is 2. The number of ether oxygens (including phenoxy) is 1. The Balaban J connectivity index is 1.63. The first-order chi connectivity index (χ1) is 13.2. The molecule has 0 radical (unpaired) electrons. The van der Waals surface area contributed by atoms with Gasteiger partial charge in [-0.25, -0.2) is 4.79 Å². The largest absolute Gasteiger partial charge is 0.465 e. The molecule has 27 heavy (non-hydrogen) atoms. The molecule has 0 aromatic heterocycles. The van der Waals surface area contributed by atoms with E-state index in [0.29, 0.717) is 18.5 Å². The molecule has 0 N–H and O–H groups in total. The molecule has 0 saturated heterocycles. The van der Waals surface area contributed by atoms with Crippen molar-refractivity contribution < 1.29 is 14.3 Å². The molecule has 3 aliphatic rings. The number of rotatable bonds is 2. The lowest BCUT2D eigenvalue weighted by molar-refractivity contribution is 0.0597. The second-order valence-electron chi connectivity index (χ2n) is 7.57. The lowest BCUT2D eigenvalue weighted by Gasteiger charge is -2.27. The van der Waals surface area contributed by atoms with Gasteiger partial charge in [-0.15, -0.1) is 0 Å². The average Bonchev–Trinajstić information content (AvgIpc) is 3.40. The molecule has 0 fully saturated rings. The van der Waals surface area contributed by atoms with Crippen LogP contribution in [0.3, 0.4) is 0 Å². The van der Waals surface area contributed by atoms with Crippen LogP contribution in [0.4, 0.5) is 0 Å². The summed E-state index contributed by atoms with van der Waals surface area (Å²) in [6.07, 6.45) is 3.83. The zero-order valence-electron chi connectivity index (χ0n) is 15.2. The molecule has 1 spiro atoms. The number of azo groups is 1. The standard InChI is InChI=1S/C22H20N2O3/c1-27-21(26)17-7-3-2-6-15(17)19-12-23-24-22(19)11-18-14-8-4-5-13(14)9-10-16(18)20(22)25/h2-3,6-7,9-10,19H,4-5,8,11-12H2,1H3/t19-,22+/m0/s1. The number of Topliss-reactive ketones (excluding diaryl/α,β-unsaturated/α-hetero) is 1. The summed E-state index contributed by atoms with van der Waals surface area (Å²) >= 11 is 0. The molecule has 2 atom stereocenters. The van der Waals surface area contributed by atoms with Crippen LogP contribution in [0.5, 0.6) is 0 Å². The Morgan fingerprint density at radius 1 is 1.15 bits per heavy atom. The molecule has 2 aliphatic carbocycles. The molecule has 5 nitrogen and oxygen atoms in total. The summed E-state index contributed by atoms with van der Waals surface area (Å²) in [7, 11) is 1.37. The Labute approximate surface area is 157 Å². The highest BCUT2D eigenvalue weighted by molar-refractivity contribution is 6.09. The van der Waals surface area contributed by atoms with Crippen molar-refractivity contribution in [3.8, 4) is 0 Å². The third-order valence-electron chi connectivity index (χ3n) is 6.32. The predicted molar refractivity (Wildman–Crippen MR) is 99.5 cm³/mol. The number of methoxy groups -OCH3 is 1. The Hall–Kier alpha value is -2.82. The Morgan fingerprint density at radius 3 is 2.85 bits per heavy atom. The van der Waals surface area contributed by atoms with Gasteiger partial charge in [0.05, 0.1) is 19.2 Å². The number of benzene rings is 2. The van der Waals surface area contributed by atoms with Crippen molar-refractivity contribution in [2.75, 3.05) is 13.7 Å². The molecular weight excluding hydrogens is 340 g/mol. The lowest BCUT2D eigenvalue weighted by atomic mass is 9.76.